The van der Waals surface area contributed by atoms with Crippen LogP contribution >= 0.6 is 11.3 Å². The monoisotopic (exact) mass is 416 g/mol. The maximum atomic E-state index is 12.6. The number of aromatic amines is 1. The highest BCUT2D eigenvalue weighted by atomic mass is 32.2. The average molecular weight is 416 g/mol. The van der Waals surface area contributed by atoms with Gasteiger partial charge in [0.25, 0.3) is 10.0 Å². The zero-order valence-electron chi connectivity index (χ0n) is 13.9. The lowest BCUT2D eigenvalue weighted by molar-refractivity contribution is -0.147. The van der Waals surface area contributed by atoms with Crippen LogP contribution in [0.15, 0.2) is 34.1 Å². The summed E-state index contributed by atoms with van der Waals surface area (Å²) < 4.78 is 65.2. The number of benzene rings is 1. The Morgan fingerprint density at radius 1 is 1.33 bits per heavy atom. The van der Waals surface area contributed by atoms with E-state index in [0.29, 0.717) is 18.7 Å². The lowest BCUT2D eigenvalue weighted by Crippen LogP contribution is -2.37. The Morgan fingerprint density at radius 3 is 2.85 bits per heavy atom. The number of halogens is 3. The largest absolute Gasteiger partial charge is 0.401 e. The summed E-state index contributed by atoms with van der Waals surface area (Å²) >= 11 is 1.02. The van der Waals surface area contributed by atoms with Crippen LogP contribution in [0, 0.1) is 0 Å². The van der Waals surface area contributed by atoms with Crippen LogP contribution in [0.25, 0.3) is 10.9 Å². The van der Waals surface area contributed by atoms with Gasteiger partial charge in [-0.05, 0) is 30.2 Å². The van der Waals surface area contributed by atoms with Crippen molar-refractivity contribution in [2.24, 2.45) is 0 Å². The Kier molecular flexibility index (Phi) is 4.40. The second-order valence-electron chi connectivity index (χ2n) is 6.34. The number of alkyl halides is 3. The lowest BCUT2D eigenvalue weighted by Gasteiger charge is -2.27. The van der Waals surface area contributed by atoms with Crippen LogP contribution in [0.3, 0.4) is 0 Å². The smallest absolute Gasteiger partial charge is 0.357 e. The van der Waals surface area contributed by atoms with Gasteiger partial charge in [-0.2, -0.15) is 13.2 Å². The number of fused-ring (bicyclic) bond motifs is 3. The summed E-state index contributed by atoms with van der Waals surface area (Å²) in [7, 11) is -3.71. The predicted molar refractivity (Wildman–Crippen MR) is 96.3 cm³/mol. The molecule has 0 saturated heterocycles. The van der Waals surface area contributed by atoms with Crippen molar-refractivity contribution in [1.29, 1.82) is 0 Å². The molecule has 144 valence electrons. The highest BCUT2D eigenvalue weighted by molar-refractivity contribution is 7.94. The minimum Gasteiger partial charge on any atom is -0.357 e. The Hall–Kier alpha value is -2.11. The number of aromatic nitrogens is 2. The number of nitrogens with zero attached hydrogens (tertiary/aromatic N) is 2. The van der Waals surface area contributed by atoms with Gasteiger partial charge in [-0.15, -0.1) is 11.3 Å². The zero-order chi connectivity index (χ0) is 19.2. The van der Waals surface area contributed by atoms with Crippen molar-refractivity contribution in [3.05, 3.63) is 41.2 Å². The van der Waals surface area contributed by atoms with E-state index in [1.165, 1.54) is 16.6 Å². The molecule has 0 fully saturated rings. The minimum atomic E-state index is -4.23. The molecular weight excluding hydrogens is 401 g/mol. The Labute approximate surface area is 157 Å². The highest BCUT2D eigenvalue weighted by Crippen LogP contribution is 2.31. The molecule has 6 nitrogen and oxygen atoms in total. The van der Waals surface area contributed by atoms with Crippen molar-refractivity contribution in [3.8, 4) is 0 Å². The van der Waals surface area contributed by atoms with E-state index in [-0.39, 0.29) is 10.8 Å². The Bertz CT molecular complexity index is 1080. The summed E-state index contributed by atoms with van der Waals surface area (Å²) in [4.78, 5) is 8.28. The number of H-pyrrole nitrogens is 1. The Balaban J connectivity index is 1.61. The summed E-state index contributed by atoms with van der Waals surface area (Å²) in [6, 6.07) is 5.06. The molecule has 0 amide bonds. The van der Waals surface area contributed by atoms with Crippen molar-refractivity contribution >= 4 is 38.0 Å². The van der Waals surface area contributed by atoms with Gasteiger partial charge in [0.05, 0.1) is 18.3 Å². The maximum absolute atomic E-state index is 12.6. The first-order valence-electron chi connectivity index (χ1n) is 8.05. The van der Waals surface area contributed by atoms with Crippen LogP contribution in [0.5, 0.6) is 0 Å². The van der Waals surface area contributed by atoms with Crippen LogP contribution in [0.2, 0.25) is 0 Å². The van der Waals surface area contributed by atoms with Crippen LogP contribution in [-0.4, -0.2) is 42.6 Å². The number of thiazole rings is 1. The van der Waals surface area contributed by atoms with Gasteiger partial charge in [0.1, 0.15) is 0 Å². The van der Waals surface area contributed by atoms with E-state index in [0.717, 1.165) is 33.5 Å². The number of hydrogen-bond donors (Lipinski definition) is 2. The maximum Gasteiger partial charge on any atom is 0.401 e. The third kappa shape index (κ3) is 3.80. The van der Waals surface area contributed by atoms with Crippen molar-refractivity contribution < 1.29 is 21.6 Å². The van der Waals surface area contributed by atoms with E-state index >= 15 is 0 Å². The first-order valence-corrected chi connectivity index (χ1v) is 10.4. The van der Waals surface area contributed by atoms with Gasteiger partial charge in [0.15, 0.2) is 4.21 Å². The molecule has 4 rings (SSSR count). The van der Waals surface area contributed by atoms with Gasteiger partial charge in [-0.25, -0.2) is 8.42 Å². The van der Waals surface area contributed by atoms with Crippen LogP contribution < -0.4 is 4.72 Å². The molecular formula is C16H15F3N4O2S2. The standard InChI is InChI=1S/C16H15F3N4O2S2/c17-16(18,19)8-23-4-3-11-12-5-10(1-2-13(12)21-14(11)7-23)22-27(24,25)15-6-20-9-26-15/h1-2,5-6,9,21-22H,3-4,7-8H2. The van der Waals surface area contributed by atoms with E-state index in [9.17, 15) is 21.6 Å². The molecule has 11 heteroatoms. The Morgan fingerprint density at radius 2 is 2.15 bits per heavy atom. The summed E-state index contributed by atoms with van der Waals surface area (Å²) in [5.74, 6) is 0. The third-order valence-corrected chi connectivity index (χ3v) is 7.04. The third-order valence-electron chi connectivity index (χ3n) is 4.38. The molecule has 3 heterocycles. The fourth-order valence-corrected chi connectivity index (χ4v) is 5.14. The molecule has 1 aliphatic rings. The van der Waals surface area contributed by atoms with Gasteiger partial charge in [-0.3, -0.25) is 14.6 Å². The molecule has 0 saturated carbocycles. The van der Waals surface area contributed by atoms with Crippen LogP contribution in [-0.2, 0) is 23.0 Å². The molecule has 0 aliphatic carbocycles. The fraction of sp³-hybridized carbons (Fsp3) is 0.312. The van der Waals surface area contributed by atoms with E-state index in [1.54, 1.807) is 18.2 Å². The summed E-state index contributed by atoms with van der Waals surface area (Å²) in [5.41, 5.74) is 4.28. The quantitative estimate of drug-likeness (QED) is 0.684. The number of sulfonamides is 1. The normalized spacial score (nSPS) is 15.8. The lowest BCUT2D eigenvalue weighted by atomic mass is 10.0. The van der Waals surface area contributed by atoms with Gasteiger partial charge < -0.3 is 4.98 Å². The SMILES string of the molecule is O=S(=O)(Nc1ccc2[nH]c3c(c2c1)CCN(CC(F)(F)F)C3)c1cncs1. The van der Waals surface area contributed by atoms with Crippen molar-refractivity contribution in [2.45, 2.75) is 23.4 Å². The van der Waals surface area contributed by atoms with E-state index in [2.05, 4.69) is 14.7 Å². The zero-order valence-corrected chi connectivity index (χ0v) is 15.5. The molecule has 1 aliphatic heterocycles. The van der Waals surface area contributed by atoms with Gasteiger partial charge >= 0.3 is 6.18 Å². The number of hydrogen-bond acceptors (Lipinski definition) is 5. The molecule has 0 radical (unpaired) electrons. The van der Waals surface area contributed by atoms with Crippen LogP contribution in [0.4, 0.5) is 18.9 Å². The van der Waals surface area contributed by atoms with Crippen molar-refractivity contribution in [3.63, 3.8) is 0 Å². The number of anilines is 1. The fourth-order valence-electron chi connectivity index (χ4n) is 3.29. The van der Waals surface area contributed by atoms with Crippen LogP contribution in [0.1, 0.15) is 11.3 Å². The van der Waals surface area contributed by atoms with Gasteiger partial charge in [0, 0.05) is 35.4 Å². The van der Waals surface area contributed by atoms with Crippen molar-refractivity contribution in [1.82, 2.24) is 14.9 Å². The molecule has 0 spiro atoms. The van der Waals surface area contributed by atoms with Gasteiger partial charge in [-0.1, -0.05) is 0 Å². The molecule has 2 N–H and O–H groups in total. The number of nitrogens with one attached hydrogen (secondary N) is 2. The first-order chi connectivity index (χ1) is 12.7. The molecule has 0 atom stereocenters. The first kappa shape index (κ1) is 18.3. The second kappa shape index (κ2) is 6.50. The van der Waals surface area contributed by atoms with Gasteiger partial charge in [0.2, 0.25) is 0 Å². The molecule has 0 bridgehead atoms. The summed E-state index contributed by atoms with van der Waals surface area (Å²) in [6.45, 7) is -0.455. The predicted octanol–water partition coefficient (Wildman–Crippen LogP) is 3.35. The molecule has 3 aromatic rings. The molecule has 0 unspecified atom stereocenters. The topological polar surface area (TPSA) is 78.1 Å². The minimum absolute atomic E-state index is 0.112. The summed E-state index contributed by atoms with van der Waals surface area (Å²) in [5, 5.41) is 0.821. The number of rotatable bonds is 4. The summed E-state index contributed by atoms with van der Waals surface area (Å²) in [6.07, 6.45) is -2.49. The van der Waals surface area contributed by atoms with E-state index in [1.807, 2.05) is 0 Å². The van der Waals surface area contributed by atoms with Crippen molar-refractivity contribution in [2.75, 3.05) is 17.8 Å². The van der Waals surface area contributed by atoms with E-state index < -0.39 is 22.7 Å². The molecule has 1 aromatic carbocycles. The van der Waals surface area contributed by atoms with E-state index in [4.69, 9.17) is 0 Å². The average Bonchev–Trinajstić information content (AvgIpc) is 3.20. The highest BCUT2D eigenvalue weighted by Gasteiger charge is 2.33. The molecule has 27 heavy (non-hydrogen) atoms. The molecule has 2 aromatic heterocycles. The second-order valence-corrected chi connectivity index (χ2v) is 9.14.